The van der Waals surface area contributed by atoms with Crippen LogP contribution < -0.4 is 15.6 Å². The van der Waals surface area contributed by atoms with Crippen molar-refractivity contribution in [1.82, 2.24) is 24.6 Å². The summed E-state index contributed by atoms with van der Waals surface area (Å²) < 4.78 is 51.1. The molecular formula is C19H29ClFN6O6P. The zero-order valence-corrected chi connectivity index (χ0v) is 21.2. The van der Waals surface area contributed by atoms with E-state index >= 15 is 4.39 Å². The van der Waals surface area contributed by atoms with Crippen LogP contribution in [0.15, 0.2) is 6.33 Å². The lowest BCUT2D eigenvalue weighted by Crippen LogP contribution is -2.35. The number of hydrogen-bond donors (Lipinski definition) is 2. The van der Waals surface area contributed by atoms with E-state index in [-0.39, 0.29) is 42.1 Å². The van der Waals surface area contributed by atoms with E-state index in [2.05, 4.69) is 20.0 Å². The summed E-state index contributed by atoms with van der Waals surface area (Å²) in [7, 11) is -3.45. The summed E-state index contributed by atoms with van der Waals surface area (Å²) in [4.78, 5) is 24.3. The number of nitrogens with two attached hydrogens (primary N) is 1. The third kappa shape index (κ3) is 6.14. The summed E-state index contributed by atoms with van der Waals surface area (Å²) in [5.74, 6) is -0.498. The van der Waals surface area contributed by atoms with Gasteiger partial charge in [-0.3, -0.25) is 13.9 Å². The number of nitrogens with zero attached hydrogens (tertiary/aromatic N) is 4. The predicted molar refractivity (Wildman–Crippen MR) is 122 cm³/mol. The Balaban J connectivity index is 1.70. The van der Waals surface area contributed by atoms with Crippen molar-refractivity contribution in [1.29, 1.82) is 0 Å². The Morgan fingerprint density at radius 1 is 1.47 bits per heavy atom. The van der Waals surface area contributed by atoms with Gasteiger partial charge in [0.25, 0.3) is 7.52 Å². The molecule has 5 atom stereocenters. The maximum Gasteiger partial charge on any atom is 0.323 e. The van der Waals surface area contributed by atoms with Gasteiger partial charge in [-0.2, -0.15) is 9.97 Å². The molecule has 1 saturated heterocycles. The van der Waals surface area contributed by atoms with E-state index in [1.54, 1.807) is 20.8 Å². The van der Waals surface area contributed by atoms with Crippen molar-refractivity contribution in [2.24, 2.45) is 0 Å². The first-order chi connectivity index (χ1) is 15.8. The van der Waals surface area contributed by atoms with Crippen molar-refractivity contribution < 1.29 is 32.5 Å². The second-order valence-electron chi connectivity index (χ2n) is 8.20. The Hall–Kier alpha value is -2.05. The molecule has 0 bridgehead atoms. The fraction of sp³-hybridized carbons (Fsp3) is 0.684. The molecule has 1 aliphatic rings. The number of carbonyl (C=O) groups is 1. The number of nitrogen functional groups attached to an aromatic ring is 1. The third-order valence-corrected chi connectivity index (χ3v) is 6.60. The van der Waals surface area contributed by atoms with E-state index in [1.165, 1.54) is 24.5 Å². The van der Waals surface area contributed by atoms with E-state index in [9.17, 15) is 9.36 Å². The SMILES string of the molecule is CCOc1nc(N)nc2c1ncn2[C@@H]1O[C@H](CO[P@](C)(=O)N[C@H](C)C(=O)OC(C)C)C[C@@]1(F)Cl. The van der Waals surface area contributed by atoms with Gasteiger partial charge in [0.15, 0.2) is 17.4 Å². The Labute approximate surface area is 201 Å². The topological polar surface area (TPSA) is 153 Å². The molecule has 34 heavy (non-hydrogen) atoms. The number of aromatic nitrogens is 4. The maximum absolute atomic E-state index is 15.3. The number of imidazole rings is 1. The second-order valence-corrected chi connectivity index (χ2v) is 11.0. The fourth-order valence-corrected chi connectivity index (χ4v) is 5.08. The Morgan fingerprint density at radius 2 is 2.18 bits per heavy atom. The maximum atomic E-state index is 15.3. The van der Waals surface area contributed by atoms with Crippen LogP contribution in [0, 0.1) is 0 Å². The first-order valence-electron chi connectivity index (χ1n) is 10.7. The number of halogens is 2. The summed E-state index contributed by atoms with van der Waals surface area (Å²) in [6, 6.07) is -0.870. The Kier molecular flexibility index (Phi) is 8.03. The highest BCUT2D eigenvalue weighted by molar-refractivity contribution is 7.56. The van der Waals surface area contributed by atoms with E-state index in [0.717, 1.165) is 0 Å². The number of ether oxygens (including phenoxy) is 3. The summed E-state index contributed by atoms with van der Waals surface area (Å²) in [5.41, 5.74) is 6.22. The largest absolute Gasteiger partial charge is 0.476 e. The van der Waals surface area contributed by atoms with Gasteiger partial charge in [0.2, 0.25) is 17.0 Å². The number of alkyl halides is 2. The predicted octanol–water partition coefficient (Wildman–Crippen LogP) is 2.77. The molecule has 3 heterocycles. The lowest BCUT2D eigenvalue weighted by Gasteiger charge is -2.22. The average Bonchev–Trinajstić information content (AvgIpc) is 3.25. The number of hydrogen-bond acceptors (Lipinski definition) is 10. The number of nitrogens with one attached hydrogen (secondary N) is 1. The van der Waals surface area contributed by atoms with Crippen LogP contribution in [0.3, 0.4) is 0 Å². The highest BCUT2D eigenvalue weighted by atomic mass is 35.5. The van der Waals surface area contributed by atoms with Crippen LogP contribution in [0.5, 0.6) is 5.88 Å². The van der Waals surface area contributed by atoms with Crippen LogP contribution in [0.2, 0.25) is 0 Å². The minimum absolute atomic E-state index is 0.0854. The Morgan fingerprint density at radius 3 is 2.82 bits per heavy atom. The average molecular weight is 523 g/mol. The highest BCUT2D eigenvalue weighted by Gasteiger charge is 2.50. The molecule has 12 nitrogen and oxygen atoms in total. The number of fused-ring (bicyclic) bond motifs is 1. The molecule has 1 fully saturated rings. The van der Waals surface area contributed by atoms with E-state index in [1.807, 2.05) is 0 Å². The van der Waals surface area contributed by atoms with Crippen LogP contribution in [-0.2, 0) is 23.4 Å². The molecule has 0 aromatic carbocycles. The van der Waals surface area contributed by atoms with Crippen LogP contribution in [-0.4, -0.2) is 68.7 Å². The molecule has 1 aliphatic heterocycles. The summed E-state index contributed by atoms with van der Waals surface area (Å²) in [6.45, 7) is 8.07. The first-order valence-corrected chi connectivity index (χ1v) is 13.1. The van der Waals surface area contributed by atoms with Crippen LogP contribution in [0.1, 0.15) is 40.3 Å². The van der Waals surface area contributed by atoms with Crippen molar-refractivity contribution in [3.8, 4) is 5.88 Å². The number of esters is 1. The van der Waals surface area contributed by atoms with Crippen molar-refractivity contribution in [2.45, 2.75) is 63.7 Å². The van der Waals surface area contributed by atoms with Gasteiger partial charge in [0.1, 0.15) is 6.04 Å². The van der Waals surface area contributed by atoms with Crippen LogP contribution >= 0.6 is 19.1 Å². The number of anilines is 1. The minimum atomic E-state index is -3.45. The molecule has 15 heteroatoms. The highest BCUT2D eigenvalue weighted by Crippen LogP contribution is 2.47. The van der Waals surface area contributed by atoms with Crippen molar-refractivity contribution in [3.63, 3.8) is 0 Å². The third-order valence-electron chi connectivity index (χ3n) is 4.76. The van der Waals surface area contributed by atoms with Crippen molar-refractivity contribution in [2.75, 3.05) is 25.6 Å². The van der Waals surface area contributed by atoms with Crippen molar-refractivity contribution >= 4 is 42.2 Å². The van der Waals surface area contributed by atoms with Gasteiger partial charge in [-0.15, -0.1) is 0 Å². The molecular weight excluding hydrogens is 494 g/mol. The second kappa shape index (κ2) is 10.3. The first kappa shape index (κ1) is 26.6. The molecule has 0 saturated carbocycles. The number of rotatable bonds is 10. The smallest absolute Gasteiger partial charge is 0.323 e. The van der Waals surface area contributed by atoms with Gasteiger partial charge >= 0.3 is 5.97 Å². The molecule has 0 aliphatic carbocycles. The normalized spacial score (nSPS) is 25.4. The zero-order valence-electron chi connectivity index (χ0n) is 19.5. The number of carbonyl (C=O) groups excluding carboxylic acids is 1. The van der Waals surface area contributed by atoms with E-state index in [4.69, 9.17) is 36.1 Å². The van der Waals surface area contributed by atoms with Gasteiger partial charge in [0, 0.05) is 13.1 Å². The standard InChI is InChI=1S/C19H29ClFN6O6P/c1-6-30-15-13-14(24-18(22)25-15)27(9-23-13)17-19(20,21)7-12(33-17)8-31-34(5,29)26-11(4)16(28)32-10(2)3/h9-12,17H,6-8H2,1-5H3,(H,26,29)(H2,22,24,25)/t11-,12+,17-,19+,34+/m1/s1. The fourth-order valence-electron chi connectivity index (χ4n) is 3.42. The lowest BCUT2D eigenvalue weighted by molar-refractivity contribution is -0.149. The molecule has 3 N–H and O–H groups in total. The Bertz CT molecular complexity index is 1080. The molecule has 2 aromatic rings. The summed E-state index contributed by atoms with van der Waals surface area (Å²) in [5, 5.41) is 0.269. The monoisotopic (exact) mass is 522 g/mol. The molecule has 0 unspecified atom stereocenters. The van der Waals surface area contributed by atoms with Crippen molar-refractivity contribution in [3.05, 3.63) is 6.33 Å². The molecule has 190 valence electrons. The molecule has 0 amide bonds. The van der Waals surface area contributed by atoms with Gasteiger partial charge in [-0.1, -0.05) is 11.6 Å². The quantitative estimate of drug-likeness (QED) is 0.269. The minimum Gasteiger partial charge on any atom is -0.476 e. The molecule has 3 rings (SSSR count). The summed E-state index contributed by atoms with van der Waals surface area (Å²) in [6.07, 6.45) is -1.43. The van der Waals surface area contributed by atoms with E-state index < -0.39 is 37.0 Å². The van der Waals surface area contributed by atoms with Gasteiger partial charge < -0.3 is 24.5 Å². The summed E-state index contributed by atoms with van der Waals surface area (Å²) >= 11 is 6.14. The lowest BCUT2D eigenvalue weighted by atomic mass is 10.2. The van der Waals surface area contributed by atoms with Gasteiger partial charge in [-0.05, 0) is 27.7 Å². The molecule has 2 aromatic heterocycles. The van der Waals surface area contributed by atoms with Crippen LogP contribution in [0.25, 0.3) is 11.2 Å². The van der Waals surface area contributed by atoms with Gasteiger partial charge in [-0.25, -0.2) is 14.5 Å². The zero-order chi connectivity index (χ0) is 25.3. The van der Waals surface area contributed by atoms with Gasteiger partial charge in [0.05, 0.1) is 31.7 Å². The molecule has 0 spiro atoms. The van der Waals surface area contributed by atoms with Crippen LogP contribution in [0.4, 0.5) is 10.3 Å². The van der Waals surface area contributed by atoms with E-state index in [0.29, 0.717) is 6.61 Å². The molecule has 0 radical (unpaired) electrons.